The molecule has 2 atom stereocenters. The van der Waals surface area contributed by atoms with Crippen LogP contribution in [0, 0.1) is 13.8 Å². The van der Waals surface area contributed by atoms with Crippen molar-refractivity contribution in [2.75, 3.05) is 13.1 Å². The Balaban J connectivity index is 2.20. The summed E-state index contributed by atoms with van der Waals surface area (Å²) in [4.78, 5) is 14.5. The lowest BCUT2D eigenvalue weighted by atomic mass is 10.0. The summed E-state index contributed by atoms with van der Waals surface area (Å²) in [5, 5.41) is 3.45. The first-order valence-electron chi connectivity index (χ1n) is 6.60. The van der Waals surface area contributed by atoms with Gasteiger partial charge in [-0.1, -0.05) is 17.7 Å². The average Bonchev–Trinajstić information content (AvgIpc) is 2.26. The molecule has 1 aliphatic heterocycles. The van der Waals surface area contributed by atoms with E-state index in [-0.39, 0.29) is 5.91 Å². The van der Waals surface area contributed by atoms with Gasteiger partial charge in [0.05, 0.1) is 0 Å². The Bertz CT molecular complexity index is 446. The number of benzene rings is 1. The molecule has 1 aromatic carbocycles. The first-order valence-corrected chi connectivity index (χ1v) is 6.60. The number of carbonyl (C=O) groups is 1. The van der Waals surface area contributed by atoms with E-state index in [0.717, 1.165) is 24.2 Å². The standard InChI is InChI=1S/C15H22N2O/c1-10-5-6-14(11(2)7-10)15(18)17-8-12(3)16-13(4)9-17/h5-7,12-13,16H,8-9H2,1-4H3/t12-,13-/m0/s1. The van der Waals surface area contributed by atoms with E-state index in [9.17, 15) is 4.79 Å². The van der Waals surface area contributed by atoms with Crippen LogP contribution >= 0.6 is 0 Å². The van der Waals surface area contributed by atoms with Gasteiger partial charge in [0.1, 0.15) is 0 Å². The maximum absolute atomic E-state index is 12.5. The molecule has 1 aromatic rings. The summed E-state index contributed by atoms with van der Waals surface area (Å²) in [6, 6.07) is 6.76. The molecule has 0 bridgehead atoms. The monoisotopic (exact) mass is 246 g/mol. The molecule has 3 heteroatoms. The van der Waals surface area contributed by atoms with E-state index in [1.807, 2.05) is 24.0 Å². The highest BCUT2D eigenvalue weighted by Crippen LogP contribution is 2.15. The lowest BCUT2D eigenvalue weighted by Crippen LogP contribution is -2.55. The van der Waals surface area contributed by atoms with E-state index in [0.29, 0.717) is 12.1 Å². The van der Waals surface area contributed by atoms with Crippen molar-refractivity contribution in [2.45, 2.75) is 39.8 Å². The summed E-state index contributed by atoms with van der Waals surface area (Å²) in [7, 11) is 0. The molecule has 0 aliphatic carbocycles. The number of carbonyl (C=O) groups excluding carboxylic acids is 1. The van der Waals surface area contributed by atoms with Gasteiger partial charge in [-0.15, -0.1) is 0 Å². The van der Waals surface area contributed by atoms with E-state index < -0.39 is 0 Å². The van der Waals surface area contributed by atoms with Gasteiger partial charge in [-0.25, -0.2) is 0 Å². The first-order chi connectivity index (χ1) is 8.47. The van der Waals surface area contributed by atoms with Gasteiger partial charge < -0.3 is 10.2 Å². The minimum Gasteiger partial charge on any atom is -0.336 e. The number of hydrogen-bond donors (Lipinski definition) is 1. The molecule has 98 valence electrons. The summed E-state index contributed by atoms with van der Waals surface area (Å²) >= 11 is 0. The predicted octanol–water partition coefficient (Wildman–Crippen LogP) is 2.13. The van der Waals surface area contributed by atoms with Crippen LogP contribution in [-0.4, -0.2) is 36.0 Å². The van der Waals surface area contributed by atoms with Crippen LogP contribution in [0.5, 0.6) is 0 Å². The molecule has 3 nitrogen and oxygen atoms in total. The normalized spacial score (nSPS) is 24.1. The molecule has 1 heterocycles. The molecule has 1 fully saturated rings. The van der Waals surface area contributed by atoms with Gasteiger partial charge in [0.25, 0.3) is 5.91 Å². The predicted molar refractivity (Wildman–Crippen MR) is 73.9 cm³/mol. The van der Waals surface area contributed by atoms with Gasteiger partial charge in [-0.05, 0) is 39.3 Å². The summed E-state index contributed by atoms with van der Waals surface area (Å²) in [5.74, 6) is 0.160. The fourth-order valence-corrected chi connectivity index (χ4v) is 2.72. The van der Waals surface area contributed by atoms with Crippen molar-refractivity contribution in [1.82, 2.24) is 10.2 Å². The maximum Gasteiger partial charge on any atom is 0.254 e. The average molecular weight is 246 g/mol. The van der Waals surface area contributed by atoms with Crippen molar-refractivity contribution in [3.05, 3.63) is 34.9 Å². The smallest absolute Gasteiger partial charge is 0.254 e. The number of nitrogens with zero attached hydrogens (tertiary/aromatic N) is 1. The van der Waals surface area contributed by atoms with E-state index in [1.54, 1.807) is 0 Å². The molecule has 1 saturated heterocycles. The second kappa shape index (κ2) is 5.11. The van der Waals surface area contributed by atoms with E-state index >= 15 is 0 Å². The van der Waals surface area contributed by atoms with Gasteiger partial charge in [0.2, 0.25) is 0 Å². The number of rotatable bonds is 1. The highest BCUT2D eigenvalue weighted by atomic mass is 16.2. The SMILES string of the molecule is Cc1ccc(C(=O)N2C[C@H](C)N[C@@H](C)C2)c(C)c1. The van der Waals surface area contributed by atoms with Crippen LogP contribution in [0.15, 0.2) is 18.2 Å². The molecular formula is C15H22N2O. The lowest BCUT2D eigenvalue weighted by molar-refractivity contribution is 0.0673. The second-order valence-electron chi connectivity index (χ2n) is 5.50. The van der Waals surface area contributed by atoms with Gasteiger partial charge in [0.15, 0.2) is 0 Å². The highest BCUT2D eigenvalue weighted by molar-refractivity contribution is 5.95. The van der Waals surface area contributed by atoms with Crippen LogP contribution in [-0.2, 0) is 0 Å². The van der Waals surface area contributed by atoms with Gasteiger partial charge >= 0.3 is 0 Å². The van der Waals surface area contributed by atoms with Crippen molar-refractivity contribution in [3.63, 3.8) is 0 Å². The van der Waals surface area contributed by atoms with Crippen LogP contribution in [0.25, 0.3) is 0 Å². The third-order valence-electron chi connectivity index (χ3n) is 3.46. The van der Waals surface area contributed by atoms with Crippen LogP contribution in [0.4, 0.5) is 0 Å². The summed E-state index contributed by atoms with van der Waals surface area (Å²) in [5.41, 5.74) is 3.10. The zero-order chi connectivity index (χ0) is 13.3. The molecule has 1 N–H and O–H groups in total. The second-order valence-corrected chi connectivity index (χ2v) is 5.50. The minimum atomic E-state index is 0.160. The zero-order valence-electron chi connectivity index (χ0n) is 11.7. The molecule has 0 spiro atoms. The molecule has 1 aliphatic rings. The van der Waals surface area contributed by atoms with Gasteiger partial charge in [0, 0.05) is 30.7 Å². The van der Waals surface area contributed by atoms with Crippen molar-refractivity contribution in [1.29, 1.82) is 0 Å². The molecule has 0 saturated carbocycles. The topological polar surface area (TPSA) is 32.3 Å². The minimum absolute atomic E-state index is 0.160. The molecular weight excluding hydrogens is 224 g/mol. The molecule has 0 radical (unpaired) electrons. The van der Waals surface area contributed by atoms with Crippen molar-refractivity contribution in [2.24, 2.45) is 0 Å². The highest BCUT2D eigenvalue weighted by Gasteiger charge is 2.26. The van der Waals surface area contributed by atoms with Crippen molar-refractivity contribution in [3.8, 4) is 0 Å². The Morgan fingerprint density at radius 1 is 1.22 bits per heavy atom. The number of hydrogen-bond acceptors (Lipinski definition) is 2. The third-order valence-corrected chi connectivity index (χ3v) is 3.46. The molecule has 18 heavy (non-hydrogen) atoms. The number of aryl methyl sites for hydroxylation is 2. The van der Waals surface area contributed by atoms with Gasteiger partial charge in [-0.2, -0.15) is 0 Å². The van der Waals surface area contributed by atoms with E-state index in [2.05, 4.69) is 32.2 Å². The molecule has 1 amide bonds. The summed E-state index contributed by atoms with van der Waals surface area (Å²) < 4.78 is 0. The van der Waals surface area contributed by atoms with Gasteiger partial charge in [-0.3, -0.25) is 4.79 Å². The quantitative estimate of drug-likeness (QED) is 0.823. The number of amides is 1. The zero-order valence-corrected chi connectivity index (χ0v) is 11.7. The maximum atomic E-state index is 12.5. The van der Waals surface area contributed by atoms with Crippen LogP contribution in [0.3, 0.4) is 0 Å². The van der Waals surface area contributed by atoms with Crippen molar-refractivity contribution < 1.29 is 4.79 Å². The molecule has 2 rings (SSSR count). The first kappa shape index (κ1) is 13.1. The van der Waals surface area contributed by atoms with Crippen molar-refractivity contribution >= 4 is 5.91 Å². The fourth-order valence-electron chi connectivity index (χ4n) is 2.72. The van der Waals surface area contributed by atoms with E-state index in [4.69, 9.17) is 0 Å². The Morgan fingerprint density at radius 3 is 2.39 bits per heavy atom. The Hall–Kier alpha value is -1.35. The number of piperazine rings is 1. The largest absolute Gasteiger partial charge is 0.336 e. The lowest BCUT2D eigenvalue weighted by Gasteiger charge is -2.36. The van der Waals surface area contributed by atoms with E-state index in [1.165, 1.54) is 5.56 Å². The number of nitrogens with one attached hydrogen (secondary N) is 1. The van der Waals surface area contributed by atoms with Crippen LogP contribution in [0.1, 0.15) is 35.3 Å². The summed E-state index contributed by atoms with van der Waals surface area (Å²) in [6.45, 7) is 9.88. The third kappa shape index (κ3) is 2.72. The molecule has 0 unspecified atom stereocenters. The Kier molecular flexibility index (Phi) is 3.71. The van der Waals surface area contributed by atoms with Crippen LogP contribution < -0.4 is 5.32 Å². The Labute approximate surface area is 109 Å². The summed E-state index contributed by atoms with van der Waals surface area (Å²) in [6.07, 6.45) is 0. The van der Waals surface area contributed by atoms with Crippen LogP contribution in [0.2, 0.25) is 0 Å². The fraction of sp³-hybridized carbons (Fsp3) is 0.533. The Morgan fingerprint density at radius 2 is 1.83 bits per heavy atom. The molecule has 0 aromatic heterocycles.